The molecule has 0 aliphatic heterocycles. The molecule has 0 radical (unpaired) electrons. The van der Waals surface area contributed by atoms with Crippen molar-refractivity contribution in [1.29, 1.82) is 0 Å². The van der Waals surface area contributed by atoms with E-state index in [2.05, 4.69) is 22.9 Å². The van der Waals surface area contributed by atoms with Crippen LogP contribution in [0, 0.1) is 12.1 Å². The SMILES string of the molecule is C=CN=NC#CN. The molecule has 3 heteroatoms. The minimum atomic E-state index is 1.28. The molecule has 3 nitrogen and oxygen atoms in total. The molecule has 0 saturated carbocycles. The van der Waals surface area contributed by atoms with Gasteiger partial charge in [0.15, 0.2) is 0 Å². The van der Waals surface area contributed by atoms with Gasteiger partial charge in [-0.05, 0) is 0 Å². The van der Waals surface area contributed by atoms with Gasteiger partial charge in [-0.1, -0.05) is 11.7 Å². The van der Waals surface area contributed by atoms with Gasteiger partial charge in [0, 0.05) is 12.2 Å². The molecule has 0 aliphatic carbocycles. The van der Waals surface area contributed by atoms with Crippen LogP contribution in [0.3, 0.4) is 0 Å². The van der Waals surface area contributed by atoms with E-state index in [0.717, 1.165) is 0 Å². The summed E-state index contributed by atoms with van der Waals surface area (Å²) in [5, 5.41) is 6.53. The van der Waals surface area contributed by atoms with Crippen molar-refractivity contribution in [2.75, 3.05) is 0 Å². The van der Waals surface area contributed by atoms with Gasteiger partial charge in [0.25, 0.3) is 0 Å². The van der Waals surface area contributed by atoms with Crippen LogP contribution in [0.2, 0.25) is 0 Å². The van der Waals surface area contributed by atoms with Crippen LogP contribution in [0.15, 0.2) is 23.0 Å². The van der Waals surface area contributed by atoms with E-state index < -0.39 is 0 Å². The van der Waals surface area contributed by atoms with Crippen molar-refractivity contribution in [2.45, 2.75) is 0 Å². The molecule has 0 aromatic heterocycles. The zero-order valence-corrected chi connectivity index (χ0v) is 3.76. The number of azo groups is 1. The van der Waals surface area contributed by atoms with Crippen LogP contribution in [0.5, 0.6) is 0 Å². The second-order valence-electron chi connectivity index (χ2n) is 0.654. The van der Waals surface area contributed by atoms with Crippen molar-refractivity contribution in [3.05, 3.63) is 12.8 Å². The monoisotopic (exact) mass is 95.0 g/mol. The zero-order valence-electron chi connectivity index (χ0n) is 3.76. The average molecular weight is 95.1 g/mol. The van der Waals surface area contributed by atoms with Gasteiger partial charge in [-0.2, -0.15) is 5.11 Å². The summed E-state index contributed by atoms with van der Waals surface area (Å²) in [5.41, 5.74) is 4.72. The highest BCUT2D eigenvalue weighted by atomic mass is 15.1. The molecular formula is C4H5N3. The molecular weight excluding hydrogens is 90.1 g/mol. The lowest BCUT2D eigenvalue weighted by Crippen LogP contribution is -1.72. The molecule has 2 N–H and O–H groups in total. The van der Waals surface area contributed by atoms with Crippen molar-refractivity contribution in [2.24, 2.45) is 16.0 Å². The van der Waals surface area contributed by atoms with Crippen molar-refractivity contribution in [1.82, 2.24) is 0 Å². The normalized spacial score (nSPS) is 7.43. The second-order valence-corrected chi connectivity index (χ2v) is 0.654. The van der Waals surface area contributed by atoms with Crippen LogP contribution < -0.4 is 5.73 Å². The van der Waals surface area contributed by atoms with Gasteiger partial charge in [-0.3, -0.25) is 0 Å². The largest absolute Gasteiger partial charge is 0.358 e. The number of nitrogens with two attached hydrogens (primary N) is 1. The highest BCUT2D eigenvalue weighted by Gasteiger charge is 1.50. The highest BCUT2D eigenvalue weighted by Crippen LogP contribution is 1.67. The maximum absolute atomic E-state index is 4.72. The summed E-state index contributed by atoms with van der Waals surface area (Å²) in [5.74, 6) is 0. The lowest BCUT2D eigenvalue weighted by molar-refractivity contribution is 1.27. The van der Waals surface area contributed by atoms with Crippen LogP contribution in [0.4, 0.5) is 0 Å². The van der Waals surface area contributed by atoms with Crippen molar-refractivity contribution < 1.29 is 0 Å². The van der Waals surface area contributed by atoms with E-state index in [1.54, 1.807) is 0 Å². The third-order valence-corrected chi connectivity index (χ3v) is 0.254. The van der Waals surface area contributed by atoms with Gasteiger partial charge < -0.3 is 5.73 Å². The Morgan fingerprint density at radius 3 is 2.86 bits per heavy atom. The van der Waals surface area contributed by atoms with E-state index in [-0.39, 0.29) is 0 Å². The third kappa shape index (κ3) is 4.70. The molecule has 0 saturated heterocycles. The van der Waals surface area contributed by atoms with Gasteiger partial charge in [-0.25, -0.2) is 0 Å². The molecule has 0 bridgehead atoms. The Hall–Kier alpha value is -1.30. The second kappa shape index (κ2) is 4.70. The van der Waals surface area contributed by atoms with Crippen molar-refractivity contribution in [3.63, 3.8) is 0 Å². The van der Waals surface area contributed by atoms with Crippen LogP contribution in [0.25, 0.3) is 0 Å². The van der Waals surface area contributed by atoms with Gasteiger partial charge in [0.05, 0.1) is 6.04 Å². The molecule has 7 heavy (non-hydrogen) atoms. The number of nitrogens with zero attached hydrogens (tertiary/aromatic N) is 2. The fraction of sp³-hybridized carbons (Fsp3) is 0. The van der Waals surface area contributed by atoms with Crippen LogP contribution in [-0.2, 0) is 0 Å². The predicted octanol–water partition coefficient (Wildman–Crippen LogP) is 0.459. The van der Waals surface area contributed by atoms with Crippen LogP contribution >= 0.6 is 0 Å². The molecule has 0 aromatic carbocycles. The Bertz CT molecular complexity index is 126. The standard InChI is InChI=1S/C4H5N3/c1-2-6-7-4-3-5/h2H,1,5H2. The lowest BCUT2D eigenvalue weighted by Gasteiger charge is -1.60. The van der Waals surface area contributed by atoms with Crippen LogP contribution in [0.1, 0.15) is 0 Å². The molecule has 0 amide bonds. The van der Waals surface area contributed by atoms with Gasteiger partial charge >= 0.3 is 0 Å². The van der Waals surface area contributed by atoms with E-state index in [9.17, 15) is 0 Å². The smallest absolute Gasteiger partial charge is 0.0804 e. The zero-order chi connectivity index (χ0) is 5.54. The highest BCUT2D eigenvalue weighted by molar-refractivity contribution is 4.89. The Kier molecular flexibility index (Phi) is 3.83. The molecule has 0 atom stereocenters. The minimum absolute atomic E-state index is 1.28. The first-order valence-corrected chi connectivity index (χ1v) is 1.63. The Morgan fingerprint density at radius 2 is 2.43 bits per heavy atom. The molecule has 0 spiro atoms. The first kappa shape index (κ1) is 5.70. The van der Waals surface area contributed by atoms with Crippen LogP contribution in [-0.4, -0.2) is 0 Å². The molecule has 36 valence electrons. The van der Waals surface area contributed by atoms with E-state index >= 15 is 0 Å². The number of hydrogen-bond acceptors (Lipinski definition) is 3. The fourth-order valence-corrected chi connectivity index (χ4v) is 0.0986. The number of rotatable bonds is 1. The molecule has 0 fully saturated rings. The first-order valence-electron chi connectivity index (χ1n) is 1.63. The summed E-state index contributed by atoms with van der Waals surface area (Å²) < 4.78 is 0. The quantitative estimate of drug-likeness (QED) is 0.287. The number of hydrogen-bond donors (Lipinski definition) is 1. The summed E-state index contributed by atoms with van der Waals surface area (Å²) in [6.07, 6.45) is 1.28. The average Bonchev–Trinajstić information content (AvgIpc) is 1.69. The summed E-state index contributed by atoms with van der Waals surface area (Å²) in [6.45, 7) is 3.26. The van der Waals surface area contributed by atoms with E-state index in [1.807, 2.05) is 6.04 Å². The molecule has 0 heterocycles. The minimum Gasteiger partial charge on any atom is -0.358 e. The van der Waals surface area contributed by atoms with E-state index in [0.29, 0.717) is 0 Å². The third-order valence-electron chi connectivity index (χ3n) is 0.254. The Balaban J connectivity index is 3.40. The van der Waals surface area contributed by atoms with Crippen molar-refractivity contribution in [3.8, 4) is 12.1 Å². The summed E-state index contributed by atoms with van der Waals surface area (Å²) >= 11 is 0. The molecule has 0 aliphatic rings. The van der Waals surface area contributed by atoms with Gasteiger partial charge in [0.1, 0.15) is 0 Å². The molecule has 0 rings (SSSR count). The maximum Gasteiger partial charge on any atom is 0.0804 e. The van der Waals surface area contributed by atoms with Crippen molar-refractivity contribution >= 4 is 0 Å². The first-order chi connectivity index (χ1) is 3.41. The fourth-order valence-electron chi connectivity index (χ4n) is 0.0986. The van der Waals surface area contributed by atoms with E-state index in [1.165, 1.54) is 6.20 Å². The van der Waals surface area contributed by atoms with E-state index in [4.69, 9.17) is 5.73 Å². The molecule has 0 aromatic rings. The Labute approximate surface area is 41.9 Å². The Morgan fingerprint density at radius 1 is 1.71 bits per heavy atom. The van der Waals surface area contributed by atoms with Gasteiger partial charge in [0.2, 0.25) is 0 Å². The summed E-state index contributed by atoms with van der Waals surface area (Å²) in [4.78, 5) is 0. The topological polar surface area (TPSA) is 50.7 Å². The summed E-state index contributed by atoms with van der Waals surface area (Å²) in [7, 11) is 0. The maximum atomic E-state index is 4.72. The summed E-state index contributed by atoms with van der Waals surface area (Å²) in [6, 6.07) is 4.21. The predicted molar refractivity (Wildman–Crippen MR) is 27.0 cm³/mol. The van der Waals surface area contributed by atoms with Gasteiger partial charge in [-0.15, -0.1) is 0 Å². The molecule has 0 unspecified atom stereocenters. The lowest BCUT2D eigenvalue weighted by atomic mass is 11.0.